The summed E-state index contributed by atoms with van der Waals surface area (Å²) >= 11 is 4.83. The number of nitrogens with two attached hydrogens (primary N) is 1. The molecule has 1 aromatic carbocycles. The number of thiocarbonyl (C=S) groups is 1. The molecule has 0 fully saturated rings. The molecular formula is C12H15F3N2S. The Morgan fingerprint density at radius 3 is 2.39 bits per heavy atom. The Balaban J connectivity index is 3.04. The van der Waals surface area contributed by atoms with E-state index in [9.17, 15) is 13.2 Å². The quantitative estimate of drug-likeness (QED) is 0.857. The van der Waals surface area contributed by atoms with E-state index in [4.69, 9.17) is 18.0 Å². The van der Waals surface area contributed by atoms with Crippen LogP contribution in [0.1, 0.15) is 18.1 Å². The van der Waals surface area contributed by atoms with E-state index < -0.39 is 12.7 Å². The Kier molecular flexibility index (Phi) is 4.56. The zero-order valence-electron chi connectivity index (χ0n) is 10.2. The molecule has 2 nitrogen and oxygen atoms in total. The van der Waals surface area contributed by atoms with Gasteiger partial charge in [-0.1, -0.05) is 12.2 Å². The molecule has 0 unspecified atom stereocenters. The molecule has 0 aliphatic rings. The molecule has 100 valence electrons. The van der Waals surface area contributed by atoms with Crippen LogP contribution >= 0.6 is 12.2 Å². The van der Waals surface area contributed by atoms with E-state index in [2.05, 4.69) is 0 Å². The van der Waals surface area contributed by atoms with Gasteiger partial charge in [-0.05, 0) is 37.6 Å². The van der Waals surface area contributed by atoms with Crippen LogP contribution < -0.4 is 10.6 Å². The molecule has 0 atom stereocenters. The molecule has 0 aliphatic heterocycles. The van der Waals surface area contributed by atoms with Gasteiger partial charge in [0, 0.05) is 17.8 Å². The lowest BCUT2D eigenvalue weighted by Crippen LogP contribution is -2.34. The number of halogens is 3. The van der Waals surface area contributed by atoms with Crippen molar-refractivity contribution >= 4 is 22.9 Å². The second-order valence-corrected chi connectivity index (χ2v) is 4.43. The van der Waals surface area contributed by atoms with Crippen molar-refractivity contribution < 1.29 is 13.2 Å². The largest absolute Gasteiger partial charge is 0.405 e. The number of hydrogen-bond acceptors (Lipinski definition) is 2. The van der Waals surface area contributed by atoms with Crippen LogP contribution in [0.5, 0.6) is 0 Å². The van der Waals surface area contributed by atoms with E-state index in [0.29, 0.717) is 11.3 Å². The third-order valence-electron chi connectivity index (χ3n) is 2.57. The maximum absolute atomic E-state index is 12.4. The van der Waals surface area contributed by atoms with E-state index in [-0.39, 0.29) is 11.5 Å². The van der Waals surface area contributed by atoms with Gasteiger partial charge in [-0.2, -0.15) is 13.2 Å². The van der Waals surface area contributed by atoms with Crippen LogP contribution in [0.25, 0.3) is 0 Å². The molecule has 2 N–H and O–H groups in total. The smallest absolute Gasteiger partial charge is 0.389 e. The van der Waals surface area contributed by atoms with Gasteiger partial charge in [0.1, 0.15) is 11.5 Å². The zero-order valence-corrected chi connectivity index (χ0v) is 11.0. The highest BCUT2D eigenvalue weighted by atomic mass is 32.1. The first-order chi connectivity index (χ1) is 8.24. The summed E-state index contributed by atoms with van der Waals surface area (Å²) in [4.78, 5) is 1.52. The van der Waals surface area contributed by atoms with Crippen LogP contribution in [-0.2, 0) is 0 Å². The van der Waals surface area contributed by atoms with Crippen LogP contribution in [0.3, 0.4) is 0 Å². The molecule has 0 amide bonds. The number of anilines is 1. The summed E-state index contributed by atoms with van der Waals surface area (Å²) in [5, 5.41) is 0. The van der Waals surface area contributed by atoms with Crippen LogP contribution in [0.15, 0.2) is 18.2 Å². The second-order valence-electron chi connectivity index (χ2n) is 3.99. The van der Waals surface area contributed by atoms with E-state index in [1.54, 1.807) is 32.0 Å². The highest BCUT2D eigenvalue weighted by Crippen LogP contribution is 2.25. The van der Waals surface area contributed by atoms with E-state index in [0.717, 1.165) is 5.56 Å². The van der Waals surface area contributed by atoms with Gasteiger partial charge in [0.25, 0.3) is 0 Å². The first kappa shape index (κ1) is 14.8. The summed E-state index contributed by atoms with van der Waals surface area (Å²) < 4.78 is 37.3. The lowest BCUT2D eigenvalue weighted by molar-refractivity contribution is -0.119. The molecule has 6 heteroatoms. The van der Waals surface area contributed by atoms with Crippen molar-refractivity contribution in [2.45, 2.75) is 20.0 Å². The molecule has 0 aliphatic carbocycles. The Hall–Kier alpha value is -1.30. The highest BCUT2D eigenvalue weighted by Gasteiger charge is 2.30. The number of alkyl halides is 3. The molecule has 0 saturated carbocycles. The highest BCUT2D eigenvalue weighted by molar-refractivity contribution is 7.80. The Morgan fingerprint density at radius 1 is 1.39 bits per heavy atom. The molecule has 0 bridgehead atoms. The van der Waals surface area contributed by atoms with Gasteiger partial charge >= 0.3 is 6.18 Å². The van der Waals surface area contributed by atoms with Crippen molar-refractivity contribution in [1.82, 2.24) is 0 Å². The van der Waals surface area contributed by atoms with E-state index >= 15 is 0 Å². The number of rotatable bonds is 4. The average molecular weight is 276 g/mol. The summed E-state index contributed by atoms with van der Waals surface area (Å²) in [5.41, 5.74) is 7.42. The van der Waals surface area contributed by atoms with Crippen molar-refractivity contribution in [3.8, 4) is 0 Å². The SMILES string of the molecule is CCN(CC(F)(F)F)c1ccc(C(N)=S)cc1C. The number of benzene rings is 1. The Bertz CT molecular complexity index is 443. The van der Waals surface area contributed by atoms with Crippen LogP contribution in [-0.4, -0.2) is 24.3 Å². The maximum Gasteiger partial charge on any atom is 0.405 e. The van der Waals surface area contributed by atoms with Crippen molar-refractivity contribution in [3.63, 3.8) is 0 Å². The van der Waals surface area contributed by atoms with Gasteiger partial charge in [0.2, 0.25) is 0 Å². The van der Waals surface area contributed by atoms with Crippen LogP contribution in [0, 0.1) is 6.92 Å². The second kappa shape index (κ2) is 5.56. The van der Waals surface area contributed by atoms with Crippen LogP contribution in [0.2, 0.25) is 0 Å². The van der Waals surface area contributed by atoms with Gasteiger partial charge < -0.3 is 10.6 Å². The molecule has 1 rings (SSSR count). The minimum absolute atomic E-state index is 0.239. The maximum atomic E-state index is 12.4. The summed E-state index contributed by atoms with van der Waals surface area (Å²) in [5.74, 6) is 0. The molecular weight excluding hydrogens is 261 g/mol. The van der Waals surface area contributed by atoms with Crippen molar-refractivity contribution in [3.05, 3.63) is 29.3 Å². The van der Waals surface area contributed by atoms with Crippen LogP contribution in [0.4, 0.5) is 18.9 Å². The van der Waals surface area contributed by atoms with Crippen molar-refractivity contribution in [2.24, 2.45) is 5.73 Å². The normalized spacial score (nSPS) is 11.4. The summed E-state index contributed by atoms with van der Waals surface area (Å²) in [6.07, 6.45) is -4.22. The Morgan fingerprint density at radius 2 is 2.00 bits per heavy atom. The third kappa shape index (κ3) is 3.87. The average Bonchev–Trinajstić information content (AvgIpc) is 2.24. The van der Waals surface area contributed by atoms with Gasteiger partial charge in [-0.15, -0.1) is 0 Å². The first-order valence-corrected chi connectivity index (χ1v) is 5.87. The summed E-state index contributed by atoms with van der Waals surface area (Å²) in [6.45, 7) is 2.76. The molecule has 0 spiro atoms. The minimum atomic E-state index is -4.22. The predicted octanol–water partition coefficient (Wildman–Crippen LogP) is 3.02. The van der Waals surface area contributed by atoms with Crippen molar-refractivity contribution in [2.75, 3.05) is 18.0 Å². The summed E-state index contributed by atoms with van der Waals surface area (Å²) in [7, 11) is 0. The lowest BCUT2D eigenvalue weighted by Gasteiger charge is -2.26. The number of aryl methyl sites for hydroxylation is 1. The minimum Gasteiger partial charge on any atom is -0.389 e. The standard InChI is InChI=1S/C12H15F3N2S/c1-3-17(7-12(13,14)15)10-5-4-9(11(16)18)6-8(10)2/h4-6H,3,7H2,1-2H3,(H2,16,18). The predicted molar refractivity (Wildman–Crippen MR) is 71.0 cm³/mol. The first-order valence-electron chi connectivity index (χ1n) is 5.46. The fourth-order valence-corrected chi connectivity index (χ4v) is 1.87. The Labute approximate surface area is 110 Å². The fourth-order valence-electron chi connectivity index (χ4n) is 1.75. The third-order valence-corrected chi connectivity index (χ3v) is 2.81. The molecule has 1 aromatic rings. The molecule has 0 aromatic heterocycles. The van der Waals surface area contributed by atoms with Gasteiger partial charge in [0.15, 0.2) is 0 Å². The van der Waals surface area contributed by atoms with E-state index in [1.165, 1.54) is 4.90 Å². The molecule has 0 radical (unpaired) electrons. The number of nitrogens with zero attached hydrogens (tertiary/aromatic N) is 1. The van der Waals surface area contributed by atoms with Crippen molar-refractivity contribution in [1.29, 1.82) is 0 Å². The van der Waals surface area contributed by atoms with Gasteiger partial charge in [0.05, 0.1) is 0 Å². The monoisotopic (exact) mass is 276 g/mol. The van der Waals surface area contributed by atoms with E-state index in [1.807, 2.05) is 0 Å². The lowest BCUT2D eigenvalue weighted by atomic mass is 10.1. The van der Waals surface area contributed by atoms with Gasteiger partial charge in [-0.25, -0.2) is 0 Å². The fraction of sp³-hybridized carbons (Fsp3) is 0.417. The topological polar surface area (TPSA) is 29.3 Å². The molecule has 0 saturated heterocycles. The number of hydrogen-bond donors (Lipinski definition) is 1. The zero-order chi connectivity index (χ0) is 13.9. The summed E-state index contributed by atoms with van der Waals surface area (Å²) in [6, 6.07) is 4.97. The van der Waals surface area contributed by atoms with Gasteiger partial charge in [-0.3, -0.25) is 0 Å². The molecule has 0 heterocycles. The molecule has 18 heavy (non-hydrogen) atoms.